The van der Waals surface area contributed by atoms with Crippen LogP contribution in [0.2, 0.25) is 0 Å². The Hall–Kier alpha value is -6.35. The van der Waals surface area contributed by atoms with Crippen molar-refractivity contribution in [2.45, 2.75) is 51.4 Å². The zero-order valence-electron chi connectivity index (χ0n) is 33.4. The monoisotopic (exact) mass is 855 g/mol. The van der Waals surface area contributed by atoms with Crippen LogP contribution in [0.15, 0.2) is 66.7 Å². The number of rotatable bonds is 8. The van der Waals surface area contributed by atoms with Crippen LogP contribution in [-0.2, 0) is 20.0 Å². The molecular formula is C43H43F2N7O6S2. The van der Waals surface area contributed by atoms with Gasteiger partial charge in [-0.05, 0) is 122 Å². The van der Waals surface area contributed by atoms with Crippen LogP contribution in [0.5, 0.6) is 0 Å². The topological polar surface area (TPSA) is 204 Å². The van der Waals surface area contributed by atoms with Crippen LogP contribution in [0.1, 0.15) is 97.2 Å². The van der Waals surface area contributed by atoms with Crippen LogP contribution in [0, 0.1) is 59.5 Å². The van der Waals surface area contributed by atoms with E-state index in [1.807, 2.05) is 12.1 Å². The van der Waals surface area contributed by atoms with E-state index in [2.05, 4.69) is 15.5 Å². The number of nitrogens with one attached hydrogen (secondary N) is 2. The number of halogens is 2. The number of anilines is 2. The average Bonchev–Trinajstić information content (AvgIpc) is 3.21. The first kappa shape index (κ1) is 44.7. The molecule has 0 saturated carbocycles. The van der Waals surface area contributed by atoms with E-state index in [0.29, 0.717) is 83.8 Å². The number of nitrogens with zero attached hydrogens (tertiary/aromatic N) is 5. The Bertz CT molecular complexity index is 2650. The number of hydrogen-bond acceptors (Lipinski definition) is 9. The number of aryl methyl sites for hydroxylation is 2. The summed E-state index contributed by atoms with van der Waals surface area (Å²) >= 11 is 0. The number of likely N-dealkylation sites (tertiary alicyclic amines) is 2. The van der Waals surface area contributed by atoms with E-state index in [4.69, 9.17) is 10.5 Å². The van der Waals surface area contributed by atoms with E-state index in [1.165, 1.54) is 24.3 Å². The van der Waals surface area contributed by atoms with E-state index < -0.39 is 37.2 Å². The summed E-state index contributed by atoms with van der Waals surface area (Å²) in [5, 5.41) is 27.1. The summed E-state index contributed by atoms with van der Waals surface area (Å²) in [4.78, 5) is 29.2. The summed E-state index contributed by atoms with van der Waals surface area (Å²) in [6.07, 6.45) is 4.67. The van der Waals surface area contributed by atoms with Crippen LogP contribution in [0.3, 0.4) is 0 Å². The number of benzene rings is 4. The van der Waals surface area contributed by atoms with Gasteiger partial charge in [-0.1, -0.05) is 18.2 Å². The first-order valence-electron chi connectivity index (χ1n) is 18.9. The van der Waals surface area contributed by atoms with Gasteiger partial charge in [0.2, 0.25) is 20.0 Å². The molecule has 60 heavy (non-hydrogen) atoms. The third-order valence-corrected chi connectivity index (χ3v) is 11.7. The minimum atomic E-state index is -3.47. The molecule has 13 nitrogen and oxygen atoms in total. The molecule has 4 aromatic carbocycles. The predicted octanol–water partition coefficient (Wildman–Crippen LogP) is 6.67. The van der Waals surface area contributed by atoms with Crippen molar-refractivity contribution in [3.63, 3.8) is 0 Å². The molecule has 0 radical (unpaired) electrons. The van der Waals surface area contributed by atoms with Gasteiger partial charge in [0.05, 0.1) is 35.0 Å². The highest BCUT2D eigenvalue weighted by Crippen LogP contribution is 2.32. The van der Waals surface area contributed by atoms with E-state index in [1.54, 1.807) is 66.1 Å². The van der Waals surface area contributed by atoms with Crippen molar-refractivity contribution in [1.82, 2.24) is 9.80 Å². The molecule has 0 unspecified atom stereocenters. The molecule has 17 heteroatoms. The smallest absolute Gasteiger partial charge is 0.253 e. The molecule has 2 amide bonds. The second kappa shape index (κ2) is 18.7. The largest absolute Gasteiger partial charge is 0.339 e. The van der Waals surface area contributed by atoms with Gasteiger partial charge in [-0.2, -0.15) is 15.8 Å². The molecule has 2 fully saturated rings. The van der Waals surface area contributed by atoms with Gasteiger partial charge in [-0.3, -0.25) is 19.0 Å². The predicted molar refractivity (Wildman–Crippen MR) is 222 cm³/mol. The molecule has 2 heterocycles. The molecule has 6 rings (SSSR count). The number of nitriles is 3. The highest BCUT2D eigenvalue weighted by atomic mass is 32.2. The fraction of sp³-hybridized carbons (Fsp3) is 0.326. The van der Waals surface area contributed by atoms with Crippen molar-refractivity contribution >= 4 is 43.2 Å². The second-order valence-electron chi connectivity index (χ2n) is 14.9. The number of carbonyl (C=O) groups excluding carboxylic acids is 2. The lowest BCUT2D eigenvalue weighted by atomic mass is 9.87. The molecule has 0 aliphatic carbocycles. The summed E-state index contributed by atoms with van der Waals surface area (Å²) in [6, 6.07) is 23.1. The molecule has 0 bridgehead atoms. The molecule has 2 aliphatic heterocycles. The highest BCUT2D eigenvalue weighted by Gasteiger charge is 2.28. The number of sulfonamides is 2. The van der Waals surface area contributed by atoms with Gasteiger partial charge in [0.25, 0.3) is 11.8 Å². The lowest BCUT2D eigenvalue weighted by Crippen LogP contribution is -2.38. The highest BCUT2D eigenvalue weighted by molar-refractivity contribution is 7.92. The summed E-state index contributed by atoms with van der Waals surface area (Å²) in [6.45, 7) is 5.44. The number of piperidine rings is 2. The van der Waals surface area contributed by atoms with Gasteiger partial charge in [0.1, 0.15) is 35.4 Å². The van der Waals surface area contributed by atoms with E-state index in [-0.39, 0.29) is 23.7 Å². The Morgan fingerprint density at radius 3 is 1.40 bits per heavy atom. The Morgan fingerprint density at radius 1 is 0.600 bits per heavy atom. The van der Waals surface area contributed by atoms with Crippen molar-refractivity contribution in [2.75, 3.05) is 48.1 Å². The third kappa shape index (κ3) is 11.2. The maximum Gasteiger partial charge on any atom is 0.253 e. The molecule has 2 aliphatic rings. The lowest BCUT2D eigenvalue weighted by molar-refractivity contribution is 0.0705. The molecule has 312 valence electrons. The van der Waals surface area contributed by atoms with E-state index >= 15 is 0 Å². The van der Waals surface area contributed by atoms with E-state index in [0.717, 1.165) is 36.5 Å². The van der Waals surface area contributed by atoms with Crippen molar-refractivity contribution < 1.29 is 35.2 Å². The first-order valence-corrected chi connectivity index (χ1v) is 22.7. The van der Waals surface area contributed by atoms with Crippen LogP contribution in [0.25, 0.3) is 0 Å². The van der Waals surface area contributed by atoms with Gasteiger partial charge in [-0.25, -0.2) is 25.6 Å². The summed E-state index contributed by atoms with van der Waals surface area (Å²) in [5.74, 6) is -2.03. The van der Waals surface area contributed by atoms with Crippen molar-refractivity contribution in [2.24, 2.45) is 0 Å². The molecule has 0 atom stereocenters. The number of carbonyl (C=O) groups is 2. The molecular weight excluding hydrogens is 813 g/mol. The Kier molecular flexibility index (Phi) is 14.0. The number of hydrogen-bond donors (Lipinski definition) is 2. The average molecular weight is 856 g/mol. The fourth-order valence-electron chi connectivity index (χ4n) is 7.27. The van der Waals surface area contributed by atoms with Gasteiger partial charge >= 0.3 is 0 Å². The Balaban J connectivity index is 0.000000228. The quantitative estimate of drug-likeness (QED) is 0.194. The van der Waals surface area contributed by atoms with Gasteiger partial charge in [0.15, 0.2) is 0 Å². The van der Waals surface area contributed by atoms with Crippen molar-refractivity contribution in [3.8, 4) is 18.2 Å². The van der Waals surface area contributed by atoms with Gasteiger partial charge < -0.3 is 9.80 Å². The van der Waals surface area contributed by atoms with Crippen molar-refractivity contribution in [3.05, 3.63) is 128 Å². The third-order valence-electron chi connectivity index (χ3n) is 10.5. The molecule has 2 N–H and O–H groups in total. The first-order chi connectivity index (χ1) is 28.3. The zero-order valence-corrected chi connectivity index (χ0v) is 35.1. The maximum atomic E-state index is 13.9. The second-order valence-corrected chi connectivity index (χ2v) is 18.4. The lowest BCUT2D eigenvalue weighted by Gasteiger charge is -2.32. The summed E-state index contributed by atoms with van der Waals surface area (Å²) in [7, 11) is -6.91. The standard InChI is InChI=1S/C22H22N4O3S.C21H21F2N3O3S/c1-15-3-4-18(12-21(15)25-30(2,28)29)22(27)26-9-7-16(8-10-26)17-5-6-19(13-23)20(11-17)14-24;1-13-3-4-15(11-20(13)25-30(2,28)29)21(27)26-7-5-14(6-8-26)16-9-18(22)17(12-24)19(23)10-16/h3-6,11-12,16,25H,7-10H2,1-2H3;3-4,9-11,14,25H,5-8H2,1-2H3. The van der Waals surface area contributed by atoms with Crippen LogP contribution >= 0.6 is 0 Å². The van der Waals surface area contributed by atoms with Crippen LogP contribution < -0.4 is 9.44 Å². The summed E-state index contributed by atoms with van der Waals surface area (Å²) < 4.78 is 78.8. The normalized spacial score (nSPS) is 14.8. The van der Waals surface area contributed by atoms with Gasteiger partial charge in [0, 0.05) is 37.3 Å². The van der Waals surface area contributed by atoms with E-state index in [9.17, 15) is 40.5 Å². The maximum absolute atomic E-state index is 13.9. The Labute approximate surface area is 349 Å². The molecule has 0 aromatic heterocycles. The van der Waals surface area contributed by atoms with Crippen molar-refractivity contribution in [1.29, 1.82) is 15.8 Å². The minimum Gasteiger partial charge on any atom is -0.339 e. The molecule has 2 saturated heterocycles. The molecule has 4 aromatic rings. The van der Waals surface area contributed by atoms with Crippen LogP contribution in [-0.4, -0.2) is 77.1 Å². The zero-order chi connectivity index (χ0) is 43.9. The SMILES string of the molecule is Cc1ccc(C(=O)N2CCC(c3cc(F)c(C#N)c(F)c3)CC2)cc1NS(C)(=O)=O.Cc1ccc(C(=O)N2CCC(c3ccc(C#N)c(C#N)c3)CC2)cc1NS(C)(=O)=O. The molecule has 0 spiro atoms. The fourth-order valence-corrected chi connectivity index (χ4v) is 8.51. The van der Waals surface area contributed by atoms with Gasteiger partial charge in [-0.15, -0.1) is 0 Å². The number of amides is 2. The minimum absolute atomic E-state index is 0.119. The van der Waals surface area contributed by atoms with Crippen LogP contribution in [0.4, 0.5) is 20.2 Å². The Morgan fingerprint density at radius 2 is 1.02 bits per heavy atom. The summed E-state index contributed by atoms with van der Waals surface area (Å²) in [5.41, 5.74) is 4.62.